The Morgan fingerprint density at radius 3 is 2.37 bits per heavy atom. The number of nitrogens with one attached hydrogen (secondary N) is 3. The zero-order chi connectivity index (χ0) is 21.5. The SMILES string of the molecule is CC(Nc1ccc(NC(=O)CN2CCOCC2)cc1)C(=O)Nc1ccc(Cl)cc1Cl. The normalized spacial score (nSPS) is 15.3. The maximum atomic E-state index is 12.4. The molecule has 2 aromatic carbocycles. The molecule has 0 spiro atoms. The molecule has 0 aromatic heterocycles. The lowest BCUT2D eigenvalue weighted by Gasteiger charge is -2.25. The Kier molecular flexibility index (Phi) is 7.93. The molecule has 2 amide bonds. The van der Waals surface area contributed by atoms with E-state index in [0.29, 0.717) is 41.2 Å². The van der Waals surface area contributed by atoms with Gasteiger partial charge in [-0.05, 0) is 49.4 Å². The molecule has 2 aromatic rings. The Balaban J connectivity index is 1.49. The van der Waals surface area contributed by atoms with Crippen LogP contribution < -0.4 is 16.0 Å². The van der Waals surface area contributed by atoms with Crippen LogP contribution in [0, 0.1) is 0 Å². The highest BCUT2D eigenvalue weighted by atomic mass is 35.5. The van der Waals surface area contributed by atoms with Crippen LogP contribution >= 0.6 is 23.2 Å². The third-order valence-electron chi connectivity index (χ3n) is 4.61. The van der Waals surface area contributed by atoms with Crippen molar-refractivity contribution in [1.82, 2.24) is 4.90 Å². The van der Waals surface area contributed by atoms with Crippen LogP contribution in [-0.2, 0) is 14.3 Å². The highest BCUT2D eigenvalue weighted by Gasteiger charge is 2.16. The minimum atomic E-state index is -0.501. The second-order valence-corrected chi connectivity index (χ2v) is 7.84. The van der Waals surface area contributed by atoms with E-state index in [0.717, 1.165) is 18.8 Å². The summed E-state index contributed by atoms with van der Waals surface area (Å²) in [6.07, 6.45) is 0. The fourth-order valence-corrected chi connectivity index (χ4v) is 3.42. The number of morpholine rings is 1. The number of hydrogen-bond acceptors (Lipinski definition) is 5. The minimum Gasteiger partial charge on any atom is -0.379 e. The highest BCUT2D eigenvalue weighted by Crippen LogP contribution is 2.25. The van der Waals surface area contributed by atoms with Crippen LogP contribution in [0.25, 0.3) is 0 Å². The third kappa shape index (κ3) is 6.60. The monoisotopic (exact) mass is 450 g/mol. The molecule has 1 fully saturated rings. The smallest absolute Gasteiger partial charge is 0.246 e. The van der Waals surface area contributed by atoms with Crippen molar-refractivity contribution in [1.29, 1.82) is 0 Å². The van der Waals surface area contributed by atoms with Crippen molar-refractivity contribution in [2.45, 2.75) is 13.0 Å². The lowest BCUT2D eigenvalue weighted by molar-refractivity contribution is -0.118. The standard InChI is InChI=1S/C21H24Cl2N4O3/c1-14(21(29)26-19-7-2-15(22)12-18(19)23)24-16-3-5-17(6-4-16)25-20(28)13-27-8-10-30-11-9-27/h2-7,12,14,24H,8-11,13H2,1H3,(H,25,28)(H,26,29). The zero-order valence-electron chi connectivity index (χ0n) is 16.6. The van der Waals surface area contributed by atoms with Gasteiger partial charge in [-0.1, -0.05) is 23.2 Å². The molecule has 3 rings (SSSR count). The van der Waals surface area contributed by atoms with Gasteiger partial charge in [0, 0.05) is 29.5 Å². The van der Waals surface area contributed by atoms with Crippen LogP contribution in [0.5, 0.6) is 0 Å². The van der Waals surface area contributed by atoms with Gasteiger partial charge in [-0.2, -0.15) is 0 Å². The lowest BCUT2D eigenvalue weighted by atomic mass is 10.2. The maximum absolute atomic E-state index is 12.4. The molecule has 30 heavy (non-hydrogen) atoms. The predicted molar refractivity (Wildman–Crippen MR) is 121 cm³/mol. The molecular formula is C21H24Cl2N4O3. The first-order valence-electron chi connectivity index (χ1n) is 9.63. The van der Waals surface area contributed by atoms with Gasteiger partial charge in [0.25, 0.3) is 0 Å². The van der Waals surface area contributed by atoms with Crippen LogP contribution in [0.15, 0.2) is 42.5 Å². The number of anilines is 3. The number of amides is 2. The van der Waals surface area contributed by atoms with Gasteiger partial charge in [-0.25, -0.2) is 0 Å². The third-order valence-corrected chi connectivity index (χ3v) is 5.15. The largest absolute Gasteiger partial charge is 0.379 e. The summed E-state index contributed by atoms with van der Waals surface area (Å²) < 4.78 is 5.28. The summed E-state index contributed by atoms with van der Waals surface area (Å²) in [5, 5.41) is 9.65. The quantitative estimate of drug-likeness (QED) is 0.598. The first-order chi connectivity index (χ1) is 14.4. The summed E-state index contributed by atoms with van der Waals surface area (Å²) >= 11 is 12.0. The number of nitrogens with zero attached hydrogens (tertiary/aromatic N) is 1. The van der Waals surface area contributed by atoms with E-state index >= 15 is 0 Å². The molecule has 1 aliphatic rings. The fraction of sp³-hybridized carbons (Fsp3) is 0.333. The van der Waals surface area contributed by atoms with Gasteiger partial charge in [-0.3, -0.25) is 14.5 Å². The van der Waals surface area contributed by atoms with E-state index in [2.05, 4.69) is 20.9 Å². The Bertz CT molecular complexity index is 886. The van der Waals surface area contributed by atoms with Gasteiger partial charge in [0.05, 0.1) is 30.5 Å². The van der Waals surface area contributed by atoms with E-state index in [-0.39, 0.29) is 11.8 Å². The average molecular weight is 451 g/mol. The van der Waals surface area contributed by atoms with E-state index in [1.54, 1.807) is 37.3 Å². The summed E-state index contributed by atoms with van der Waals surface area (Å²) in [6.45, 7) is 4.92. The average Bonchev–Trinajstić information content (AvgIpc) is 2.72. The van der Waals surface area contributed by atoms with Gasteiger partial charge in [0.2, 0.25) is 11.8 Å². The molecule has 1 unspecified atom stereocenters. The first kappa shape index (κ1) is 22.4. The molecule has 7 nitrogen and oxygen atoms in total. The van der Waals surface area contributed by atoms with Gasteiger partial charge >= 0.3 is 0 Å². The molecule has 0 aliphatic carbocycles. The van der Waals surface area contributed by atoms with Gasteiger partial charge in [0.1, 0.15) is 6.04 Å². The molecule has 1 heterocycles. The molecule has 0 saturated carbocycles. The van der Waals surface area contributed by atoms with Crippen molar-refractivity contribution in [2.75, 3.05) is 48.8 Å². The number of halogens is 2. The summed E-state index contributed by atoms with van der Waals surface area (Å²) in [4.78, 5) is 26.7. The Labute approximate surface area is 185 Å². The van der Waals surface area contributed by atoms with Crippen LogP contribution in [-0.4, -0.2) is 55.6 Å². The van der Waals surface area contributed by atoms with E-state index in [4.69, 9.17) is 27.9 Å². The molecule has 1 aliphatic heterocycles. The highest BCUT2D eigenvalue weighted by molar-refractivity contribution is 6.36. The Hall–Kier alpha value is -2.32. The number of ether oxygens (including phenoxy) is 1. The van der Waals surface area contributed by atoms with Gasteiger partial charge in [0.15, 0.2) is 0 Å². The van der Waals surface area contributed by atoms with Crippen molar-refractivity contribution in [3.8, 4) is 0 Å². The van der Waals surface area contributed by atoms with Crippen LogP contribution in [0.3, 0.4) is 0 Å². The number of benzene rings is 2. The first-order valence-corrected chi connectivity index (χ1v) is 10.4. The Morgan fingerprint density at radius 2 is 1.70 bits per heavy atom. The molecule has 9 heteroatoms. The molecule has 1 atom stereocenters. The van der Waals surface area contributed by atoms with Crippen molar-refractivity contribution in [2.24, 2.45) is 0 Å². The van der Waals surface area contributed by atoms with Crippen LogP contribution in [0.4, 0.5) is 17.1 Å². The topological polar surface area (TPSA) is 82.7 Å². The lowest BCUT2D eigenvalue weighted by Crippen LogP contribution is -2.41. The van der Waals surface area contributed by atoms with Gasteiger partial charge in [-0.15, -0.1) is 0 Å². The molecule has 0 bridgehead atoms. The van der Waals surface area contributed by atoms with Crippen LogP contribution in [0.1, 0.15) is 6.92 Å². The van der Waals surface area contributed by atoms with Crippen molar-refractivity contribution >= 4 is 52.1 Å². The van der Waals surface area contributed by atoms with Crippen molar-refractivity contribution < 1.29 is 14.3 Å². The Morgan fingerprint density at radius 1 is 1.03 bits per heavy atom. The second-order valence-electron chi connectivity index (χ2n) is 6.99. The summed E-state index contributed by atoms with van der Waals surface area (Å²) in [6, 6.07) is 11.6. The molecule has 3 N–H and O–H groups in total. The summed E-state index contributed by atoms with van der Waals surface area (Å²) in [5.41, 5.74) is 1.95. The summed E-state index contributed by atoms with van der Waals surface area (Å²) in [7, 11) is 0. The number of carbonyl (C=O) groups excluding carboxylic acids is 2. The predicted octanol–water partition coefficient (Wildman–Crippen LogP) is 3.70. The van der Waals surface area contributed by atoms with E-state index in [9.17, 15) is 9.59 Å². The van der Waals surface area contributed by atoms with Crippen molar-refractivity contribution in [3.63, 3.8) is 0 Å². The zero-order valence-corrected chi connectivity index (χ0v) is 18.1. The summed E-state index contributed by atoms with van der Waals surface area (Å²) in [5.74, 6) is -0.299. The fourth-order valence-electron chi connectivity index (χ4n) is 2.96. The van der Waals surface area contributed by atoms with E-state index in [1.807, 2.05) is 12.1 Å². The molecular weight excluding hydrogens is 427 g/mol. The second kappa shape index (κ2) is 10.6. The molecule has 1 saturated heterocycles. The van der Waals surface area contributed by atoms with E-state index < -0.39 is 6.04 Å². The number of hydrogen-bond donors (Lipinski definition) is 3. The number of rotatable bonds is 7. The molecule has 0 radical (unpaired) electrons. The van der Waals surface area contributed by atoms with Crippen LogP contribution in [0.2, 0.25) is 10.0 Å². The maximum Gasteiger partial charge on any atom is 0.246 e. The van der Waals surface area contributed by atoms with Gasteiger partial charge < -0.3 is 20.7 Å². The molecule has 160 valence electrons. The van der Waals surface area contributed by atoms with Crippen molar-refractivity contribution in [3.05, 3.63) is 52.5 Å². The van der Waals surface area contributed by atoms with E-state index in [1.165, 1.54) is 0 Å². The minimum absolute atomic E-state index is 0.0646. The number of carbonyl (C=O) groups is 2.